The van der Waals surface area contributed by atoms with Crippen LogP contribution < -0.4 is 4.90 Å². The van der Waals surface area contributed by atoms with Crippen LogP contribution in [0.5, 0.6) is 0 Å². The molecule has 0 amide bonds. The summed E-state index contributed by atoms with van der Waals surface area (Å²) in [4.78, 5) is 4.11. The van der Waals surface area contributed by atoms with E-state index in [1.807, 2.05) is 32.1 Å². The third-order valence-corrected chi connectivity index (χ3v) is 2.96. The van der Waals surface area contributed by atoms with Crippen molar-refractivity contribution in [3.05, 3.63) is 29.6 Å². The minimum Gasteiger partial charge on any atom is -0.389 e. The van der Waals surface area contributed by atoms with Crippen LogP contribution in [0.3, 0.4) is 0 Å². The Balaban J connectivity index is 2.78. The first-order valence-electron chi connectivity index (χ1n) is 6.25. The summed E-state index contributed by atoms with van der Waals surface area (Å²) in [5, 5.41) is 9.67. The Morgan fingerprint density at radius 2 is 1.89 bits per heavy atom. The van der Waals surface area contributed by atoms with Gasteiger partial charge in [0.05, 0.1) is 6.10 Å². The van der Waals surface area contributed by atoms with Crippen LogP contribution in [0.25, 0.3) is 0 Å². The van der Waals surface area contributed by atoms with Crippen LogP contribution >= 0.6 is 0 Å². The third-order valence-electron chi connectivity index (χ3n) is 2.96. The number of hydrogen-bond acceptors (Lipinski definition) is 3. The van der Waals surface area contributed by atoms with Crippen molar-refractivity contribution in [2.75, 3.05) is 39.1 Å². The average molecular weight is 254 g/mol. The van der Waals surface area contributed by atoms with Crippen LogP contribution in [0, 0.1) is 5.82 Å². The minimum atomic E-state index is -0.794. The van der Waals surface area contributed by atoms with E-state index in [0.29, 0.717) is 5.56 Å². The van der Waals surface area contributed by atoms with Crippen molar-refractivity contribution in [2.24, 2.45) is 0 Å². The number of benzene rings is 1. The van der Waals surface area contributed by atoms with Crippen molar-refractivity contribution in [3.63, 3.8) is 0 Å². The van der Waals surface area contributed by atoms with Crippen LogP contribution in [0.1, 0.15) is 25.0 Å². The van der Waals surface area contributed by atoms with Gasteiger partial charge in [0.1, 0.15) is 5.82 Å². The van der Waals surface area contributed by atoms with E-state index in [1.165, 1.54) is 6.07 Å². The van der Waals surface area contributed by atoms with Crippen molar-refractivity contribution < 1.29 is 9.50 Å². The summed E-state index contributed by atoms with van der Waals surface area (Å²) in [6.07, 6.45) is 0.205. The van der Waals surface area contributed by atoms with Crippen LogP contribution in [0.15, 0.2) is 18.2 Å². The van der Waals surface area contributed by atoms with E-state index >= 15 is 0 Å². The molecule has 0 aliphatic heterocycles. The highest BCUT2D eigenvalue weighted by atomic mass is 19.1. The quantitative estimate of drug-likeness (QED) is 0.843. The fourth-order valence-electron chi connectivity index (χ4n) is 2.02. The van der Waals surface area contributed by atoms with Gasteiger partial charge in [-0.2, -0.15) is 0 Å². The van der Waals surface area contributed by atoms with E-state index in [0.717, 1.165) is 25.2 Å². The molecule has 0 bridgehead atoms. The normalized spacial score (nSPS) is 12.8. The Bertz CT molecular complexity index is 380. The first kappa shape index (κ1) is 14.9. The zero-order valence-corrected chi connectivity index (χ0v) is 11.7. The molecule has 1 N–H and O–H groups in total. The van der Waals surface area contributed by atoms with Gasteiger partial charge in [-0.25, -0.2) is 4.39 Å². The molecule has 0 radical (unpaired) electrons. The van der Waals surface area contributed by atoms with Crippen LogP contribution in [0.2, 0.25) is 0 Å². The molecule has 0 saturated heterocycles. The highest BCUT2D eigenvalue weighted by molar-refractivity contribution is 5.54. The first-order chi connectivity index (χ1) is 8.43. The van der Waals surface area contributed by atoms with E-state index in [2.05, 4.69) is 4.90 Å². The monoisotopic (exact) mass is 254 g/mol. The molecule has 3 nitrogen and oxygen atoms in total. The molecule has 0 unspecified atom stereocenters. The minimum absolute atomic E-state index is 0.345. The van der Waals surface area contributed by atoms with Crippen molar-refractivity contribution >= 4 is 5.69 Å². The molecule has 1 aromatic carbocycles. The summed E-state index contributed by atoms with van der Waals surface area (Å²) < 4.78 is 13.7. The zero-order chi connectivity index (χ0) is 13.7. The van der Waals surface area contributed by atoms with Gasteiger partial charge in [-0.1, -0.05) is 6.07 Å². The number of anilines is 1. The van der Waals surface area contributed by atoms with E-state index in [-0.39, 0.29) is 5.82 Å². The Labute approximate surface area is 109 Å². The fourth-order valence-corrected chi connectivity index (χ4v) is 2.02. The summed E-state index contributed by atoms with van der Waals surface area (Å²) in [5.74, 6) is -0.345. The topological polar surface area (TPSA) is 26.7 Å². The molecule has 0 aliphatic rings. The smallest absolute Gasteiger partial charge is 0.131 e. The van der Waals surface area contributed by atoms with Gasteiger partial charge >= 0.3 is 0 Å². The number of aliphatic hydroxyl groups excluding tert-OH is 1. The maximum absolute atomic E-state index is 13.7. The van der Waals surface area contributed by atoms with Crippen molar-refractivity contribution in [1.82, 2.24) is 4.90 Å². The van der Waals surface area contributed by atoms with Crippen LogP contribution in [0.4, 0.5) is 10.1 Å². The predicted octanol–water partition coefficient (Wildman–Crippen LogP) is 2.27. The molecule has 1 rings (SSSR count). The summed E-state index contributed by atoms with van der Waals surface area (Å²) in [7, 11) is 5.99. The lowest BCUT2D eigenvalue weighted by Crippen LogP contribution is -2.24. The molecule has 0 heterocycles. The lowest BCUT2D eigenvalue weighted by molar-refractivity contribution is 0.194. The van der Waals surface area contributed by atoms with Gasteiger partial charge in [0.15, 0.2) is 0 Å². The molecule has 1 aromatic rings. The van der Waals surface area contributed by atoms with Crippen LogP contribution in [-0.2, 0) is 0 Å². The van der Waals surface area contributed by atoms with Gasteiger partial charge in [-0.3, -0.25) is 0 Å². The molecule has 18 heavy (non-hydrogen) atoms. The second kappa shape index (κ2) is 6.71. The highest BCUT2D eigenvalue weighted by Crippen LogP contribution is 2.28. The molecule has 0 aliphatic carbocycles. The van der Waals surface area contributed by atoms with Gasteiger partial charge in [0, 0.05) is 24.8 Å². The number of halogens is 1. The van der Waals surface area contributed by atoms with Crippen molar-refractivity contribution in [1.29, 1.82) is 0 Å². The van der Waals surface area contributed by atoms with Crippen molar-refractivity contribution in [2.45, 2.75) is 19.4 Å². The van der Waals surface area contributed by atoms with E-state index in [1.54, 1.807) is 13.0 Å². The molecule has 0 aromatic heterocycles. The lowest BCUT2D eigenvalue weighted by atomic mass is 10.1. The predicted molar refractivity (Wildman–Crippen MR) is 73.5 cm³/mol. The molecular formula is C14H23FN2O. The Kier molecular flexibility index (Phi) is 5.56. The van der Waals surface area contributed by atoms with Crippen LogP contribution in [-0.4, -0.2) is 44.2 Å². The summed E-state index contributed by atoms with van der Waals surface area (Å²) >= 11 is 0. The first-order valence-corrected chi connectivity index (χ1v) is 6.25. The van der Waals surface area contributed by atoms with Gasteiger partial charge < -0.3 is 14.9 Å². The van der Waals surface area contributed by atoms with Gasteiger partial charge in [-0.05, 0) is 46.1 Å². The molecule has 0 spiro atoms. The van der Waals surface area contributed by atoms with E-state index in [4.69, 9.17) is 0 Å². The van der Waals surface area contributed by atoms with Crippen molar-refractivity contribution in [3.8, 4) is 0 Å². The Morgan fingerprint density at radius 3 is 2.44 bits per heavy atom. The highest BCUT2D eigenvalue weighted by Gasteiger charge is 2.15. The lowest BCUT2D eigenvalue weighted by Gasteiger charge is -2.24. The zero-order valence-electron chi connectivity index (χ0n) is 11.7. The van der Waals surface area contributed by atoms with E-state index < -0.39 is 6.10 Å². The largest absolute Gasteiger partial charge is 0.389 e. The second-order valence-corrected chi connectivity index (χ2v) is 4.93. The molecule has 1 atom stereocenters. The Morgan fingerprint density at radius 1 is 1.22 bits per heavy atom. The summed E-state index contributed by atoms with van der Waals surface area (Å²) in [6, 6.07) is 4.92. The van der Waals surface area contributed by atoms with Gasteiger partial charge in [0.25, 0.3) is 0 Å². The molecular weight excluding hydrogens is 231 g/mol. The number of hydrogen-bond donors (Lipinski definition) is 1. The number of nitrogens with zero attached hydrogens (tertiary/aromatic N) is 2. The second-order valence-electron chi connectivity index (χ2n) is 4.93. The van der Waals surface area contributed by atoms with Gasteiger partial charge in [0.2, 0.25) is 0 Å². The summed E-state index contributed by atoms with van der Waals surface area (Å²) in [5.41, 5.74) is 1.15. The molecule has 4 heteroatoms. The molecule has 0 fully saturated rings. The summed E-state index contributed by atoms with van der Waals surface area (Å²) in [6.45, 7) is 3.42. The molecule has 0 saturated carbocycles. The fraction of sp³-hybridized carbons (Fsp3) is 0.571. The number of aliphatic hydroxyl groups is 1. The SMILES string of the molecule is C[C@@H](O)c1c(F)cccc1N(C)CCCN(C)C. The maximum atomic E-state index is 13.7. The standard InChI is InChI=1S/C14H23FN2O/c1-11(18)14-12(15)7-5-8-13(14)17(4)10-6-9-16(2)3/h5,7-8,11,18H,6,9-10H2,1-4H3/t11-/m1/s1. The van der Waals surface area contributed by atoms with Gasteiger partial charge in [-0.15, -0.1) is 0 Å². The van der Waals surface area contributed by atoms with E-state index in [9.17, 15) is 9.50 Å². The molecule has 102 valence electrons. The maximum Gasteiger partial charge on any atom is 0.131 e. The third kappa shape index (κ3) is 3.96. The Hall–Kier alpha value is -1.13. The number of rotatable bonds is 6. The average Bonchev–Trinajstić information content (AvgIpc) is 2.27.